The van der Waals surface area contributed by atoms with E-state index in [1.165, 1.54) is 23.9 Å². The molecule has 2 amide bonds. The van der Waals surface area contributed by atoms with Crippen LogP contribution >= 0.6 is 11.8 Å². The fraction of sp³-hybridized carbons (Fsp3) is 0.500. The van der Waals surface area contributed by atoms with Gasteiger partial charge in [-0.2, -0.15) is 0 Å². The van der Waals surface area contributed by atoms with Crippen LogP contribution in [0.2, 0.25) is 0 Å². The number of rotatable bonds is 4. The van der Waals surface area contributed by atoms with Crippen LogP contribution in [0.1, 0.15) is 55.3 Å². The van der Waals surface area contributed by atoms with Gasteiger partial charge in [-0.15, -0.1) is 11.8 Å². The molecule has 0 radical (unpaired) electrons. The van der Waals surface area contributed by atoms with E-state index in [2.05, 4.69) is 5.32 Å². The lowest BCUT2D eigenvalue weighted by atomic mass is 10.0. The number of esters is 1. The van der Waals surface area contributed by atoms with Crippen molar-refractivity contribution in [3.8, 4) is 0 Å². The van der Waals surface area contributed by atoms with Crippen LogP contribution in [0.5, 0.6) is 0 Å². The highest BCUT2D eigenvalue weighted by Crippen LogP contribution is 2.42. The molecule has 1 aromatic rings. The van der Waals surface area contributed by atoms with E-state index in [-0.39, 0.29) is 11.1 Å². The number of fused-ring (bicyclic) bond motifs is 1. The zero-order chi connectivity index (χ0) is 21.7. The number of carboxylic acids is 1. The molecule has 0 bridgehead atoms. The number of benzene rings is 1. The Morgan fingerprint density at radius 3 is 2.10 bits per heavy atom. The molecule has 0 saturated carbocycles. The molecular weight excluding hydrogens is 396 g/mol. The molecule has 1 fully saturated rings. The summed E-state index contributed by atoms with van der Waals surface area (Å²) in [6, 6.07) is 4.07. The van der Waals surface area contributed by atoms with Crippen molar-refractivity contribution in [2.24, 2.45) is 0 Å². The lowest BCUT2D eigenvalue weighted by Gasteiger charge is -2.32. The predicted molar refractivity (Wildman–Crippen MR) is 107 cm³/mol. The molecule has 3 atom stereocenters. The smallest absolute Gasteiger partial charge is 0.332 e. The van der Waals surface area contributed by atoms with Crippen LogP contribution in [0.4, 0.5) is 0 Å². The standard InChI is InChI=1S/C20H24N2O6S/c1-19(2,3)28-18(27)12(14-21-13(17(25)26)20(4,5)29-14)22-15(23)10-8-6-7-9-11(10)16(22)24/h6-9,12-14,21H,1-5H3,(H,25,26)/t12-,13+,14-/m0/s1. The maximum absolute atomic E-state index is 13.1. The molecular formula is C20H24N2O6S. The van der Waals surface area contributed by atoms with Crippen molar-refractivity contribution in [1.82, 2.24) is 10.2 Å². The average Bonchev–Trinajstić information content (AvgIpc) is 3.03. The second-order valence-electron chi connectivity index (χ2n) is 8.58. The number of hydrogen-bond donors (Lipinski definition) is 2. The molecule has 3 rings (SSSR count). The number of nitrogens with one attached hydrogen (secondary N) is 1. The van der Waals surface area contributed by atoms with Gasteiger partial charge in [-0.05, 0) is 46.8 Å². The van der Waals surface area contributed by atoms with Gasteiger partial charge < -0.3 is 9.84 Å². The highest BCUT2D eigenvalue weighted by atomic mass is 32.2. The molecule has 2 heterocycles. The lowest BCUT2D eigenvalue weighted by Crippen LogP contribution is -2.56. The van der Waals surface area contributed by atoms with Crippen molar-refractivity contribution < 1.29 is 29.0 Å². The summed E-state index contributed by atoms with van der Waals surface area (Å²) >= 11 is 1.20. The summed E-state index contributed by atoms with van der Waals surface area (Å²) in [5.74, 6) is -3.03. The molecule has 0 spiro atoms. The molecule has 2 aliphatic heterocycles. The van der Waals surface area contributed by atoms with E-state index in [4.69, 9.17) is 4.74 Å². The minimum atomic E-state index is -1.31. The number of nitrogens with zero attached hydrogens (tertiary/aromatic N) is 1. The Balaban J connectivity index is 2.02. The Labute approximate surface area is 173 Å². The van der Waals surface area contributed by atoms with Gasteiger partial charge in [0, 0.05) is 4.75 Å². The number of carboxylic acid groups (broad SMARTS) is 1. The Bertz CT molecular complexity index is 856. The van der Waals surface area contributed by atoms with E-state index < -0.39 is 51.6 Å². The van der Waals surface area contributed by atoms with Gasteiger partial charge in [-0.3, -0.25) is 24.6 Å². The van der Waals surface area contributed by atoms with Crippen molar-refractivity contribution in [3.05, 3.63) is 35.4 Å². The number of thioether (sulfide) groups is 1. The Morgan fingerprint density at radius 1 is 1.17 bits per heavy atom. The molecule has 1 aromatic carbocycles. The molecule has 29 heavy (non-hydrogen) atoms. The minimum absolute atomic E-state index is 0.211. The van der Waals surface area contributed by atoms with Crippen LogP contribution in [0.25, 0.3) is 0 Å². The van der Waals surface area contributed by atoms with Gasteiger partial charge in [0.05, 0.1) is 16.5 Å². The van der Waals surface area contributed by atoms with Gasteiger partial charge in [0.15, 0.2) is 6.04 Å². The third-order valence-electron chi connectivity index (χ3n) is 4.74. The van der Waals surface area contributed by atoms with Crippen LogP contribution < -0.4 is 5.32 Å². The highest BCUT2D eigenvalue weighted by molar-refractivity contribution is 8.01. The summed E-state index contributed by atoms with van der Waals surface area (Å²) in [5, 5.41) is 11.6. The molecule has 2 N–H and O–H groups in total. The first-order valence-electron chi connectivity index (χ1n) is 9.20. The second kappa shape index (κ2) is 7.14. The highest BCUT2D eigenvalue weighted by Gasteiger charge is 2.54. The van der Waals surface area contributed by atoms with Crippen molar-refractivity contribution in [2.75, 3.05) is 0 Å². The average molecular weight is 420 g/mol. The number of amides is 2. The number of ether oxygens (including phenoxy) is 1. The summed E-state index contributed by atoms with van der Waals surface area (Å²) < 4.78 is 4.73. The molecule has 2 aliphatic rings. The topological polar surface area (TPSA) is 113 Å². The summed E-state index contributed by atoms with van der Waals surface area (Å²) in [7, 11) is 0. The van der Waals surface area contributed by atoms with E-state index in [1.807, 2.05) is 0 Å². The van der Waals surface area contributed by atoms with Crippen molar-refractivity contribution in [1.29, 1.82) is 0 Å². The van der Waals surface area contributed by atoms with Gasteiger partial charge in [0.1, 0.15) is 11.6 Å². The third kappa shape index (κ3) is 3.89. The van der Waals surface area contributed by atoms with Crippen molar-refractivity contribution in [2.45, 2.75) is 62.4 Å². The zero-order valence-corrected chi connectivity index (χ0v) is 17.7. The van der Waals surface area contributed by atoms with Crippen molar-refractivity contribution >= 4 is 35.5 Å². The van der Waals surface area contributed by atoms with Crippen LogP contribution in [0.15, 0.2) is 24.3 Å². The summed E-state index contributed by atoms with van der Waals surface area (Å²) in [6.45, 7) is 8.52. The molecule has 156 valence electrons. The molecule has 0 aromatic heterocycles. The lowest BCUT2D eigenvalue weighted by molar-refractivity contribution is -0.160. The first-order valence-corrected chi connectivity index (χ1v) is 10.1. The predicted octanol–water partition coefficient (Wildman–Crippen LogP) is 1.89. The minimum Gasteiger partial charge on any atom is -0.480 e. The van der Waals surface area contributed by atoms with E-state index in [0.717, 1.165) is 4.90 Å². The molecule has 1 saturated heterocycles. The molecule has 0 unspecified atom stereocenters. The normalized spacial score (nSPS) is 24.4. The Morgan fingerprint density at radius 2 is 1.69 bits per heavy atom. The number of aliphatic carboxylic acids is 1. The second-order valence-corrected chi connectivity index (χ2v) is 10.4. The first kappa shape index (κ1) is 21.3. The maximum atomic E-state index is 13.1. The first-order chi connectivity index (χ1) is 13.3. The molecule has 9 heteroatoms. The van der Waals surface area contributed by atoms with E-state index in [0.29, 0.717) is 0 Å². The van der Waals surface area contributed by atoms with Crippen molar-refractivity contribution in [3.63, 3.8) is 0 Å². The molecule has 0 aliphatic carbocycles. The number of hydrogen-bond acceptors (Lipinski definition) is 7. The Kier molecular flexibility index (Phi) is 5.25. The summed E-state index contributed by atoms with van der Waals surface area (Å²) in [4.78, 5) is 51.7. The summed E-state index contributed by atoms with van der Waals surface area (Å²) in [6.07, 6.45) is 0. The fourth-order valence-electron chi connectivity index (χ4n) is 3.51. The zero-order valence-electron chi connectivity index (χ0n) is 16.9. The van der Waals surface area contributed by atoms with Gasteiger partial charge in [0.25, 0.3) is 11.8 Å². The summed E-state index contributed by atoms with van der Waals surface area (Å²) in [5.41, 5.74) is -0.426. The number of imide groups is 1. The van der Waals surface area contributed by atoms with Gasteiger partial charge in [-0.1, -0.05) is 12.1 Å². The largest absolute Gasteiger partial charge is 0.480 e. The van der Waals surface area contributed by atoms with Crippen LogP contribution in [-0.2, 0) is 14.3 Å². The quantitative estimate of drug-likeness (QED) is 0.561. The maximum Gasteiger partial charge on any atom is 0.332 e. The number of carbonyl (C=O) groups excluding carboxylic acids is 3. The van der Waals surface area contributed by atoms with Crippen LogP contribution in [0, 0.1) is 0 Å². The third-order valence-corrected chi connectivity index (χ3v) is 6.23. The van der Waals surface area contributed by atoms with Crippen LogP contribution in [-0.4, -0.2) is 61.6 Å². The van der Waals surface area contributed by atoms with Crippen LogP contribution in [0.3, 0.4) is 0 Å². The number of carbonyl (C=O) groups is 4. The molecule has 8 nitrogen and oxygen atoms in total. The SMILES string of the molecule is CC(C)(C)OC(=O)[C@H]([C@H]1N[C@H](C(=O)O)C(C)(C)S1)N1C(=O)c2ccccc2C1=O. The van der Waals surface area contributed by atoms with Gasteiger partial charge in [0.2, 0.25) is 0 Å². The van der Waals surface area contributed by atoms with E-state index in [9.17, 15) is 24.3 Å². The van der Waals surface area contributed by atoms with Gasteiger partial charge >= 0.3 is 11.9 Å². The monoisotopic (exact) mass is 420 g/mol. The van der Waals surface area contributed by atoms with Gasteiger partial charge in [-0.25, -0.2) is 4.79 Å². The van der Waals surface area contributed by atoms with E-state index >= 15 is 0 Å². The Hall–Kier alpha value is -2.39. The fourth-order valence-corrected chi connectivity index (χ4v) is 5.03. The van der Waals surface area contributed by atoms with E-state index in [1.54, 1.807) is 46.8 Å².